The number of hydrogen-bond donors (Lipinski definition) is 1. The number of carbonyl (C=O) groups is 1. The number of carbonyl (C=O) groups excluding carboxylic acids is 1. The Hall–Kier alpha value is -3.67. The van der Waals surface area contributed by atoms with Gasteiger partial charge >= 0.3 is 0 Å². The monoisotopic (exact) mass is 571 g/mol. The number of nitrogens with zero attached hydrogens (tertiary/aromatic N) is 2. The normalized spacial score (nSPS) is 15.6. The molecule has 8 heteroatoms. The molecule has 2 aliphatic carbocycles. The van der Waals surface area contributed by atoms with Crippen LogP contribution in [0, 0.1) is 11.3 Å². The fraction of sp³-hybridized carbons (Fsp3) is 0.394. The van der Waals surface area contributed by atoms with E-state index in [1.54, 1.807) is 38.3 Å². The molecule has 3 aromatic carbocycles. The molecule has 0 saturated heterocycles. The van der Waals surface area contributed by atoms with Crippen molar-refractivity contribution in [2.24, 2.45) is 0 Å². The Kier molecular flexibility index (Phi) is 8.77. The molecule has 1 N–H and O–H groups in total. The van der Waals surface area contributed by atoms with Crippen LogP contribution in [0.3, 0.4) is 0 Å². The summed E-state index contributed by atoms with van der Waals surface area (Å²) < 4.78 is 29.8. The second-order valence-corrected chi connectivity index (χ2v) is 13.2. The second kappa shape index (κ2) is 12.5. The predicted octanol–water partition coefficient (Wildman–Crippen LogP) is 6.40. The van der Waals surface area contributed by atoms with E-state index < -0.39 is 15.9 Å². The number of methoxy groups -OCH3 is 1. The van der Waals surface area contributed by atoms with Gasteiger partial charge in [0.15, 0.2) is 9.84 Å². The molecule has 7 nitrogen and oxygen atoms in total. The summed E-state index contributed by atoms with van der Waals surface area (Å²) >= 11 is 0. The van der Waals surface area contributed by atoms with Crippen LogP contribution in [0.15, 0.2) is 71.6 Å². The van der Waals surface area contributed by atoms with E-state index in [0.717, 1.165) is 11.4 Å². The topological polar surface area (TPSA) is 99.5 Å². The van der Waals surface area contributed by atoms with Crippen molar-refractivity contribution in [1.29, 1.82) is 5.26 Å². The van der Waals surface area contributed by atoms with Crippen molar-refractivity contribution in [2.45, 2.75) is 61.8 Å². The lowest BCUT2D eigenvalue weighted by Gasteiger charge is -2.26. The van der Waals surface area contributed by atoms with Crippen LogP contribution in [0.5, 0.6) is 0 Å². The van der Waals surface area contributed by atoms with Gasteiger partial charge in [-0.15, -0.1) is 0 Å². The summed E-state index contributed by atoms with van der Waals surface area (Å²) in [5.74, 6) is 1.04. The molecule has 0 radical (unpaired) electrons. The van der Waals surface area contributed by atoms with E-state index in [9.17, 15) is 18.5 Å². The number of ether oxygens (including phenoxy) is 1. The van der Waals surface area contributed by atoms with Crippen LogP contribution in [0.2, 0.25) is 0 Å². The molecule has 2 saturated carbocycles. The maximum atomic E-state index is 13.2. The average Bonchev–Trinajstić information content (AvgIpc) is 3.90. The number of hydrogen-bond acceptors (Lipinski definition) is 6. The third kappa shape index (κ3) is 6.98. The first-order valence-electron chi connectivity index (χ1n) is 14.3. The highest BCUT2D eigenvalue weighted by atomic mass is 32.2. The molecule has 5 rings (SSSR count). The zero-order chi connectivity index (χ0) is 29.0. The number of anilines is 2. The number of nitriles is 1. The van der Waals surface area contributed by atoms with Crippen LogP contribution >= 0.6 is 0 Å². The number of sulfone groups is 1. The zero-order valence-electron chi connectivity index (χ0n) is 23.7. The molecule has 0 bridgehead atoms. The maximum Gasteiger partial charge on any atom is 0.251 e. The van der Waals surface area contributed by atoms with Gasteiger partial charge in [-0.3, -0.25) is 4.79 Å². The Balaban J connectivity index is 1.35. The highest BCUT2D eigenvalue weighted by Gasteiger charge is 2.29. The van der Waals surface area contributed by atoms with Crippen molar-refractivity contribution in [3.8, 4) is 6.07 Å². The SMILES string of the molecule is CCS(=O)(=O)c1ccc([C@H](CC#N)NC(=O)c2ccc(N(CCOC)c3cc(C4CC4)cc(C4CC4)c3)cc2)cc1. The Morgan fingerprint density at radius 2 is 1.59 bits per heavy atom. The molecule has 41 heavy (non-hydrogen) atoms. The lowest BCUT2D eigenvalue weighted by molar-refractivity contribution is 0.0937. The molecule has 0 heterocycles. The summed E-state index contributed by atoms with van der Waals surface area (Å²) in [6.07, 6.45) is 5.08. The molecule has 1 atom stereocenters. The van der Waals surface area contributed by atoms with Crippen molar-refractivity contribution in [1.82, 2.24) is 5.32 Å². The maximum absolute atomic E-state index is 13.2. The molecule has 2 aliphatic rings. The number of amides is 1. The summed E-state index contributed by atoms with van der Waals surface area (Å²) in [5.41, 5.74) is 6.15. The highest BCUT2D eigenvalue weighted by Crippen LogP contribution is 2.47. The summed E-state index contributed by atoms with van der Waals surface area (Å²) in [5, 5.41) is 12.3. The number of rotatable bonds is 13. The molecular formula is C33H37N3O4S. The largest absolute Gasteiger partial charge is 0.383 e. The van der Waals surface area contributed by atoms with Crippen LogP contribution in [0.1, 0.15) is 84.0 Å². The minimum absolute atomic E-state index is 0.0111. The third-order valence-corrected chi connectivity index (χ3v) is 9.70. The van der Waals surface area contributed by atoms with E-state index in [4.69, 9.17) is 4.74 Å². The molecule has 214 valence electrons. The van der Waals surface area contributed by atoms with Gasteiger partial charge < -0.3 is 15.0 Å². The Morgan fingerprint density at radius 1 is 0.976 bits per heavy atom. The zero-order valence-corrected chi connectivity index (χ0v) is 24.5. The van der Waals surface area contributed by atoms with Crippen LogP contribution in [-0.4, -0.2) is 40.3 Å². The van der Waals surface area contributed by atoms with Crippen molar-refractivity contribution < 1.29 is 17.9 Å². The van der Waals surface area contributed by atoms with E-state index >= 15 is 0 Å². The van der Waals surface area contributed by atoms with Crippen molar-refractivity contribution in [2.75, 3.05) is 30.9 Å². The van der Waals surface area contributed by atoms with Gasteiger partial charge in [0.2, 0.25) is 0 Å². The molecule has 0 spiro atoms. The molecule has 0 aliphatic heterocycles. The number of nitrogens with one attached hydrogen (secondary N) is 1. The minimum atomic E-state index is -3.33. The summed E-state index contributed by atoms with van der Waals surface area (Å²) in [7, 11) is -1.62. The van der Waals surface area contributed by atoms with Gasteiger partial charge in [-0.2, -0.15) is 5.26 Å². The quantitative estimate of drug-likeness (QED) is 0.255. The van der Waals surface area contributed by atoms with E-state index in [-0.39, 0.29) is 23.0 Å². The highest BCUT2D eigenvalue weighted by molar-refractivity contribution is 7.91. The van der Waals surface area contributed by atoms with Crippen LogP contribution in [-0.2, 0) is 14.6 Å². The second-order valence-electron chi connectivity index (χ2n) is 11.0. The Labute approximate surface area is 243 Å². The summed E-state index contributed by atoms with van der Waals surface area (Å²) in [6, 6.07) is 22.5. The van der Waals surface area contributed by atoms with Gasteiger partial charge in [0, 0.05) is 30.6 Å². The average molecular weight is 572 g/mol. The minimum Gasteiger partial charge on any atom is -0.383 e. The number of benzene rings is 3. The Morgan fingerprint density at radius 3 is 2.10 bits per heavy atom. The molecule has 3 aromatic rings. The van der Waals surface area contributed by atoms with Gasteiger partial charge in [-0.1, -0.05) is 25.1 Å². The lowest BCUT2D eigenvalue weighted by Crippen LogP contribution is -2.28. The van der Waals surface area contributed by atoms with E-state index in [1.807, 2.05) is 12.1 Å². The molecule has 0 aromatic heterocycles. The molecule has 2 fully saturated rings. The van der Waals surface area contributed by atoms with Crippen molar-refractivity contribution in [3.05, 3.63) is 89.0 Å². The fourth-order valence-corrected chi connectivity index (χ4v) is 6.05. The standard InChI is InChI=1S/C33H37N3O4S/c1-3-41(38,39)31-14-10-25(11-15-31)32(16-17-34)35-33(37)26-8-12-29(13-9-26)36(18-19-40-2)30-21-27(23-4-5-23)20-28(22-30)24-6-7-24/h8-15,20-24,32H,3-7,16,18-19H2,1-2H3,(H,35,37)/t32-/m0/s1. The first-order valence-corrected chi connectivity index (χ1v) is 16.0. The van der Waals surface area contributed by atoms with Gasteiger partial charge in [0.25, 0.3) is 5.91 Å². The van der Waals surface area contributed by atoms with Crippen LogP contribution in [0.4, 0.5) is 11.4 Å². The molecule has 0 unspecified atom stereocenters. The van der Waals surface area contributed by atoms with E-state index in [1.165, 1.54) is 48.9 Å². The smallest absolute Gasteiger partial charge is 0.251 e. The first kappa shape index (κ1) is 28.8. The van der Waals surface area contributed by atoms with E-state index in [2.05, 4.69) is 34.5 Å². The molecular weight excluding hydrogens is 534 g/mol. The van der Waals surface area contributed by atoms with Gasteiger partial charge in [-0.25, -0.2) is 8.42 Å². The summed E-state index contributed by atoms with van der Waals surface area (Å²) in [4.78, 5) is 15.7. The van der Waals surface area contributed by atoms with Gasteiger partial charge in [0.05, 0.1) is 35.8 Å². The van der Waals surface area contributed by atoms with E-state index in [0.29, 0.717) is 36.1 Å². The van der Waals surface area contributed by atoms with Gasteiger partial charge in [0.1, 0.15) is 0 Å². The van der Waals surface area contributed by atoms with Crippen LogP contribution in [0.25, 0.3) is 0 Å². The van der Waals surface area contributed by atoms with Crippen molar-refractivity contribution in [3.63, 3.8) is 0 Å². The Bertz CT molecular complexity index is 1490. The predicted molar refractivity (Wildman–Crippen MR) is 160 cm³/mol. The van der Waals surface area contributed by atoms with Gasteiger partial charge in [-0.05, 0) is 103 Å². The van der Waals surface area contributed by atoms with Crippen LogP contribution < -0.4 is 10.2 Å². The fourth-order valence-electron chi connectivity index (χ4n) is 5.16. The lowest BCUT2D eigenvalue weighted by atomic mass is 10.0. The third-order valence-electron chi connectivity index (χ3n) is 7.95. The summed E-state index contributed by atoms with van der Waals surface area (Å²) in [6.45, 7) is 2.86. The first-order chi connectivity index (χ1) is 19.8. The van der Waals surface area contributed by atoms with Crippen molar-refractivity contribution >= 4 is 27.1 Å². The molecule has 1 amide bonds.